The third kappa shape index (κ3) is 3.04. The zero-order valence-corrected chi connectivity index (χ0v) is 11.8. The molecule has 0 saturated heterocycles. The average molecular weight is 273 g/mol. The SMILES string of the molecule is CCC(CC)NC(=O)Cn1ncc2ccccc2c1=O. The number of rotatable bonds is 5. The molecule has 2 rings (SSSR count). The van der Waals surface area contributed by atoms with Crippen LogP contribution in [0.15, 0.2) is 35.3 Å². The van der Waals surface area contributed by atoms with Gasteiger partial charge >= 0.3 is 0 Å². The summed E-state index contributed by atoms with van der Waals surface area (Å²) in [6.07, 6.45) is 3.37. The quantitative estimate of drug-likeness (QED) is 0.901. The summed E-state index contributed by atoms with van der Waals surface area (Å²) in [5.41, 5.74) is -0.234. The van der Waals surface area contributed by atoms with Crippen LogP contribution in [0.25, 0.3) is 10.8 Å². The second kappa shape index (κ2) is 6.32. The molecule has 1 heterocycles. The molecule has 1 aromatic heterocycles. The minimum Gasteiger partial charge on any atom is -0.352 e. The Balaban J connectivity index is 2.20. The lowest BCUT2D eigenvalue weighted by Crippen LogP contribution is -2.39. The molecule has 0 aliphatic heterocycles. The summed E-state index contributed by atoms with van der Waals surface area (Å²) in [5, 5.41) is 8.32. The van der Waals surface area contributed by atoms with Crippen molar-refractivity contribution in [3.05, 3.63) is 40.8 Å². The first-order valence-electron chi connectivity index (χ1n) is 6.90. The van der Waals surface area contributed by atoms with Crippen LogP contribution in [0.5, 0.6) is 0 Å². The Hall–Kier alpha value is -2.17. The van der Waals surface area contributed by atoms with Crippen molar-refractivity contribution in [2.45, 2.75) is 39.3 Å². The minimum absolute atomic E-state index is 0.0415. The number of benzene rings is 1. The first kappa shape index (κ1) is 14.2. The largest absolute Gasteiger partial charge is 0.352 e. The highest BCUT2D eigenvalue weighted by atomic mass is 16.2. The molecule has 0 atom stereocenters. The van der Waals surface area contributed by atoms with E-state index >= 15 is 0 Å². The van der Waals surface area contributed by atoms with Gasteiger partial charge in [0.25, 0.3) is 5.56 Å². The zero-order valence-electron chi connectivity index (χ0n) is 11.8. The van der Waals surface area contributed by atoms with Crippen LogP contribution in [-0.4, -0.2) is 21.7 Å². The number of aromatic nitrogens is 2. The number of hydrogen-bond acceptors (Lipinski definition) is 3. The van der Waals surface area contributed by atoms with Gasteiger partial charge in [0.1, 0.15) is 6.54 Å². The zero-order chi connectivity index (χ0) is 14.5. The van der Waals surface area contributed by atoms with E-state index in [4.69, 9.17) is 0 Å². The van der Waals surface area contributed by atoms with Gasteiger partial charge < -0.3 is 5.32 Å². The minimum atomic E-state index is -0.234. The number of nitrogens with zero attached hydrogens (tertiary/aromatic N) is 2. The Morgan fingerprint density at radius 1 is 1.30 bits per heavy atom. The van der Waals surface area contributed by atoms with E-state index in [1.54, 1.807) is 18.3 Å². The molecule has 106 valence electrons. The lowest BCUT2D eigenvalue weighted by atomic mass is 10.2. The number of amides is 1. The maximum Gasteiger partial charge on any atom is 0.275 e. The van der Waals surface area contributed by atoms with Crippen LogP contribution in [0.1, 0.15) is 26.7 Å². The molecule has 2 aromatic rings. The Kier molecular flexibility index (Phi) is 4.50. The maximum absolute atomic E-state index is 12.2. The predicted octanol–water partition coefficient (Wildman–Crippen LogP) is 1.70. The molecule has 5 nitrogen and oxygen atoms in total. The van der Waals surface area contributed by atoms with E-state index in [-0.39, 0.29) is 24.1 Å². The smallest absolute Gasteiger partial charge is 0.275 e. The molecule has 0 bridgehead atoms. The number of carbonyl (C=O) groups excluding carboxylic acids is 1. The number of nitrogens with one attached hydrogen (secondary N) is 1. The summed E-state index contributed by atoms with van der Waals surface area (Å²) in [6.45, 7) is 4.00. The van der Waals surface area contributed by atoms with Crippen LogP contribution >= 0.6 is 0 Å². The van der Waals surface area contributed by atoms with Crippen molar-refractivity contribution in [3.8, 4) is 0 Å². The first-order chi connectivity index (χ1) is 9.65. The van der Waals surface area contributed by atoms with Crippen LogP contribution < -0.4 is 10.9 Å². The van der Waals surface area contributed by atoms with E-state index in [0.717, 1.165) is 18.2 Å². The molecule has 0 spiro atoms. The molecular formula is C15H19N3O2. The highest BCUT2D eigenvalue weighted by Gasteiger charge is 2.11. The maximum atomic E-state index is 12.2. The van der Waals surface area contributed by atoms with Gasteiger partial charge in [-0.25, -0.2) is 4.68 Å². The van der Waals surface area contributed by atoms with Gasteiger partial charge in [-0.1, -0.05) is 32.0 Å². The summed E-state index contributed by atoms with van der Waals surface area (Å²) in [6, 6.07) is 7.39. The van der Waals surface area contributed by atoms with E-state index in [9.17, 15) is 9.59 Å². The molecule has 1 amide bonds. The van der Waals surface area contributed by atoms with Gasteiger partial charge in [-0.2, -0.15) is 5.10 Å². The normalized spacial score (nSPS) is 10.9. The third-order valence-corrected chi connectivity index (χ3v) is 3.41. The van der Waals surface area contributed by atoms with Gasteiger partial charge in [-0.05, 0) is 18.9 Å². The second-order valence-corrected chi connectivity index (χ2v) is 4.78. The van der Waals surface area contributed by atoms with E-state index < -0.39 is 0 Å². The van der Waals surface area contributed by atoms with Gasteiger partial charge in [0.15, 0.2) is 0 Å². The topological polar surface area (TPSA) is 64.0 Å². The predicted molar refractivity (Wildman–Crippen MR) is 78.5 cm³/mol. The molecule has 0 unspecified atom stereocenters. The Morgan fingerprint density at radius 2 is 2.00 bits per heavy atom. The highest BCUT2D eigenvalue weighted by molar-refractivity contribution is 5.81. The molecular weight excluding hydrogens is 254 g/mol. The molecule has 20 heavy (non-hydrogen) atoms. The van der Waals surface area contributed by atoms with Crippen molar-refractivity contribution >= 4 is 16.7 Å². The van der Waals surface area contributed by atoms with Crippen LogP contribution in [0.4, 0.5) is 0 Å². The van der Waals surface area contributed by atoms with Gasteiger partial charge in [0, 0.05) is 11.4 Å². The first-order valence-corrected chi connectivity index (χ1v) is 6.90. The number of carbonyl (C=O) groups is 1. The molecule has 0 radical (unpaired) electrons. The average Bonchev–Trinajstić information content (AvgIpc) is 2.48. The van der Waals surface area contributed by atoms with Gasteiger partial charge in [-0.3, -0.25) is 9.59 Å². The summed E-state index contributed by atoms with van der Waals surface area (Å²) in [5.74, 6) is -0.177. The van der Waals surface area contributed by atoms with Crippen molar-refractivity contribution < 1.29 is 4.79 Å². The summed E-state index contributed by atoms with van der Waals surface area (Å²) >= 11 is 0. The molecule has 0 aliphatic rings. The van der Waals surface area contributed by atoms with Gasteiger partial charge in [0.2, 0.25) is 5.91 Å². The van der Waals surface area contributed by atoms with Crippen LogP contribution in [0.2, 0.25) is 0 Å². The van der Waals surface area contributed by atoms with Crippen molar-refractivity contribution in [1.82, 2.24) is 15.1 Å². The molecule has 0 saturated carbocycles. The molecule has 0 fully saturated rings. The fourth-order valence-corrected chi connectivity index (χ4v) is 2.14. The summed E-state index contributed by atoms with van der Waals surface area (Å²) < 4.78 is 1.21. The van der Waals surface area contributed by atoms with Gasteiger partial charge in [0.05, 0.1) is 11.6 Å². The van der Waals surface area contributed by atoms with E-state index in [2.05, 4.69) is 10.4 Å². The summed E-state index contributed by atoms with van der Waals surface area (Å²) in [7, 11) is 0. The van der Waals surface area contributed by atoms with E-state index in [1.165, 1.54) is 4.68 Å². The Bertz CT molecular complexity index is 659. The number of hydrogen-bond donors (Lipinski definition) is 1. The monoisotopic (exact) mass is 273 g/mol. The van der Waals surface area contributed by atoms with Crippen LogP contribution in [-0.2, 0) is 11.3 Å². The number of fused-ring (bicyclic) bond motifs is 1. The molecule has 1 aromatic carbocycles. The fourth-order valence-electron chi connectivity index (χ4n) is 2.14. The van der Waals surface area contributed by atoms with Crippen molar-refractivity contribution in [3.63, 3.8) is 0 Å². The molecule has 0 aliphatic carbocycles. The van der Waals surface area contributed by atoms with Crippen LogP contribution in [0, 0.1) is 0 Å². The van der Waals surface area contributed by atoms with Crippen LogP contribution in [0.3, 0.4) is 0 Å². The van der Waals surface area contributed by atoms with Gasteiger partial charge in [-0.15, -0.1) is 0 Å². The van der Waals surface area contributed by atoms with E-state index in [1.807, 2.05) is 26.0 Å². The van der Waals surface area contributed by atoms with Crippen molar-refractivity contribution in [2.75, 3.05) is 0 Å². The lowest BCUT2D eigenvalue weighted by Gasteiger charge is -2.14. The molecule has 1 N–H and O–H groups in total. The second-order valence-electron chi connectivity index (χ2n) is 4.78. The molecule has 5 heteroatoms. The highest BCUT2D eigenvalue weighted by Crippen LogP contribution is 2.06. The fraction of sp³-hybridized carbons (Fsp3) is 0.400. The Labute approximate surface area is 117 Å². The van der Waals surface area contributed by atoms with Crippen molar-refractivity contribution in [2.24, 2.45) is 0 Å². The van der Waals surface area contributed by atoms with E-state index in [0.29, 0.717) is 5.39 Å². The summed E-state index contributed by atoms with van der Waals surface area (Å²) in [4.78, 5) is 24.1. The standard InChI is InChI=1S/C15H19N3O2/c1-3-12(4-2)17-14(19)10-18-15(20)13-8-6-5-7-11(13)9-16-18/h5-9,12H,3-4,10H2,1-2H3,(H,17,19). The van der Waals surface area contributed by atoms with Crippen molar-refractivity contribution in [1.29, 1.82) is 0 Å². The third-order valence-electron chi connectivity index (χ3n) is 3.41. The Morgan fingerprint density at radius 3 is 2.70 bits per heavy atom. The lowest BCUT2D eigenvalue weighted by molar-refractivity contribution is -0.122.